The van der Waals surface area contributed by atoms with Gasteiger partial charge in [0, 0.05) is 18.4 Å². The Morgan fingerprint density at radius 1 is 1.53 bits per heavy atom. The third-order valence-corrected chi connectivity index (χ3v) is 2.35. The summed E-state index contributed by atoms with van der Waals surface area (Å²) >= 11 is 3.22. The molecule has 15 heavy (non-hydrogen) atoms. The number of ether oxygens (including phenoxy) is 1. The first-order valence-electron chi connectivity index (χ1n) is 4.67. The van der Waals surface area contributed by atoms with Gasteiger partial charge in [-0.3, -0.25) is 4.79 Å². The summed E-state index contributed by atoms with van der Waals surface area (Å²) in [6.45, 7) is 2.28. The highest BCUT2D eigenvalue weighted by Crippen LogP contribution is 2.16. The molecule has 1 rings (SSSR count). The fourth-order valence-corrected chi connectivity index (χ4v) is 1.27. The molecular weight excluding hydrogens is 258 g/mol. The van der Waals surface area contributed by atoms with Gasteiger partial charge in [-0.25, -0.2) is 0 Å². The maximum atomic E-state index is 11.5. The van der Waals surface area contributed by atoms with Gasteiger partial charge in [0.15, 0.2) is 0 Å². The van der Waals surface area contributed by atoms with Crippen LogP contribution >= 0.6 is 15.9 Å². The molecule has 1 aromatic carbocycles. The summed E-state index contributed by atoms with van der Waals surface area (Å²) in [5.41, 5.74) is 1.78. The Kier molecular flexibility index (Phi) is 4.78. The zero-order valence-electron chi connectivity index (χ0n) is 8.79. The van der Waals surface area contributed by atoms with Crippen LogP contribution in [0.3, 0.4) is 0 Å². The number of nitrogens with one attached hydrogen (secondary N) is 1. The van der Waals surface area contributed by atoms with Crippen LogP contribution in [0.5, 0.6) is 0 Å². The molecule has 1 aromatic rings. The number of amides is 1. The second-order valence-electron chi connectivity index (χ2n) is 3.20. The lowest BCUT2D eigenvalue weighted by Gasteiger charge is -2.11. The van der Waals surface area contributed by atoms with E-state index in [4.69, 9.17) is 4.74 Å². The molecule has 0 saturated carbocycles. The summed E-state index contributed by atoms with van der Waals surface area (Å²) in [6, 6.07) is 7.59. The molecule has 0 saturated heterocycles. The van der Waals surface area contributed by atoms with E-state index in [-0.39, 0.29) is 10.7 Å². The number of carbonyl (C=O) groups excluding carboxylic acids is 1. The van der Waals surface area contributed by atoms with E-state index in [2.05, 4.69) is 21.2 Å². The van der Waals surface area contributed by atoms with E-state index in [0.29, 0.717) is 6.61 Å². The molecule has 1 atom stereocenters. The lowest BCUT2D eigenvalue weighted by Crippen LogP contribution is -2.20. The van der Waals surface area contributed by atoms with Gasteiger partial charge in [-0.1, -0.05) is 34.1 Å². The molecule has 0 aromatic heterocycles. The second-order valence-corrected chi connectivity index (χ2v) is 4.57. The van der Waals surface area contributed by atoms with Crippen molar-refractivity contribution in [3.05, 3.63) is 29.8 Å². The van der Waals surface area contributed by atoms with Crippen LogP contribution in [0.4, 0.5) is 5.69 Å². The Bertz CT molecular complexity index is 339. The topological polar surface area (TPSA) is 38.3 Å². The first-order valence-corrected chi connectivity index (χ1v) is 5.58. The van der Waals surface area contributed by atoms with Crippen LogP contribution in [0.2, 0.25) is 0 Å². The van der Waals surface area contributed by atoms with Crippen LogP contribution in [0, 0.1) is 0 Å². The molecule has 3 nitrogen and oxygen atoms in total. The van der Waals surface area contributed by atoms with Gasteiger partial charge >= 0.3 is 0 Å². The third kappa shape index (κ3) is 3.64. The summed E-state index contributed by atoms with van der Waals surface area (Å²) in [7, 11) is 1.63. The highest BCUT2D eigenvalue weighted by Gasteiger charge is 2.10. The Morgan fingerprint density at radius 2 is 2.20 bits per heavy atom. The van der Waals surface area contributed by atoms with Crippen molar-refractivity contribution in [3.63, 3.8) is 0 Å². The van der Waals surface area contributed by atoms with E-state index in [1.165, 1.54) is 0 Å². The number of hydrogen-bond acceptors (Lipinski definition) is 2. The van der Waals surface area contributed by atoms with Gasteiger partial charge < -0.3 is 10.1 Å². The molecule has 82 valence electrons. The third-order valence-electron chi connectivity index (χ3n) is 1.94. The highest BCUT2D eigenvalue weighted by molar-refractivity contribution is 9.10. The molecule has 1 N–H and O–H groups in total. The number of halogens is 1. The number of anilines is 1. The summed E-state index contributed by atoms with van der Waals surface area (Å²) in [4.78, 5) is 11.3. The minimum atomic E-state index is -0.201. The van der Waals surface area contributed by atoms with Crippen molar-refractivity contribution in [2.75, 3.05) is 12.4 Å². The molecule has 0 aliphatic carbocycles. The van der Waals surface area contributed by atoms with E-state index in [1.54, 1.807) is 14.0 Å². The zero-order valence-corrected chi connectivity index (χ0v) is 10.4. The molecule has 0 bridgehead atoms. The smallest absolute Gasteiger partial charge is 0.237 e. The van der Waals surface area contributed by atoms with Gasteiger partial charge in [-0.05, 0) is 13.0 Å². The fourth-order valence-electron chi connectivity index (χ4n) is 1.16. The predicted octanol–water partition coefficient (Wildman–Crippen LogP) is 2.55. The maximum Gasteiger partial charge on any atom is 0.237 e. The van der Waals surface area contributed by atoms with Crippen molar-refractivity contribution >= 4 is 27.5 Å². The summed E-state index contributed by atoms with van der Waals surface area (Å²) in [5, 5.41) is 2.83. The van der Waals surface area contributed by atoms with Crippen molar-refractivity contribution in [1.82, 2.24) is 0 Å². The number of alkyl halides is 1. The lowest BCUT2D eigenvalue weighted by molar-refractivity contribution is -0.115. The number of carbonyl (C=O) groups is 1. The van der Waals surface area contributed by atoms with Crippen molar-refractivity contribution in [2.45, 2.75) is 18.4 Å². The molecule has 0 aliphatic rings. The maximum absolute atomic E-state index is 11.5. The number of hydrogen-bond donors (Lipinski definition) is 1. The SMILES string of the molecule is COCc1ccccc1NC(=O)C(C)Br. The molecular formula is C11H14BrNO2. The van der Waals surface area contributed by atoms with Gasteiger partial charge in [0.1, 0.15) is 0 Å². The van der Waals surface area contributed by atoms with E-state index in [0.717, 1.165) is 11.3 Å². The summed E-state index contributed by atoms with van der Waals surface area (Å²) < 4.78 is 5.05. The van der Waals surface area contributed by atoms with Gasteiger partial charge in [0.2, 0.25) is 5.91 Å². The van der Waals surface area contributed by atoms with E-state index >= 15 is 0 Å². The van der Waals surface area contributed by atoms with Crippen molar-refractivity contribution in [1.29, 1.82) is 0 Å². The largest absolute Gasteiger partial charge is 0.380 e. The van der Waals surface area contributed by atoms with Gasteiger partial charge in [0.05, 0.1) is 11.4 Å². The predicted molar refractivity (Wildman–Crippen MR) is 64.2 cm³/mol. The zero-order chi connectivity index (χ0) is 11.3. The summed E-state index contributed by atoms with van der Waals surface area (Å²) in [5.74, 6) is -0.0569. The van der Waals surface area contributed by atoms with Crippen molar-refractivity contribution in [3.8, 4) is 0 Å². The average molecular weight is 272 g/mol. The second kappa shape index (κ2) is 5.88. The fraction of sp³-hybridized carbons (Fsp3) is 0.364. The van der Waals surface area contributed by atoms with Crippen LogP contribution in [0.1, 0.15) is 12.5 Å². The van der Waals surface area contributed by atoms with Crippen LogP contribution in [-0.2, 0) is 16.1 Å². The van der Waals surface area contributed by atoms with E-state index in [1.807, 2.05) is 24.3 Å². The number of methoxy groups -OCH3 is 1. The Morgan fingerprint density at radius 3 is 2.80 bits per heavy atom. The minimum absolute atomic E-state index is 0.0569. The summed E-state index contributed by atoms with van der Waals surface area (Å²) in [6.07, 6.45) is 0. The molecule has 1 unspecified atom stereocenters. The van der Waals surface area contributed by atoms with Gasteiger partial charge in [-0.15, -0.1) is 0 Å². The van der Waals surface area contributed by atoms with Crippen molar-refractivity contribution in [2.24, 2.45) is 0 Å². The molecule has 0 fully saturated rings. The first kappa shape index (κ1) is 12.2. The average Bonchev–Trinajstić information content (AvgIpc) is 2.21. The lowest BCUT2D eigenvalue weighted by atomic mass is 10.2. The Balaban J connectivity index is 2.79. The number of para-hydroxylation sites is 1. The van der Waals surface area contributed by atoms with Crippen LogP contribution < -0.4 is 5.32 Å². The molecule has 0 radical (unpaired) electrons. The minimum Gasteiger partial charge on any atom is -0.380 e. The van der Waals surface area contributed by atoms with Gasteiger partial charge in [0.25, 0.3) is 0 Å². The van der Waals surface area contributed by atoms with Gasteiger partial charge in [-0.2, -0.15) is 0 Å². The Hall–Kier alpha value is -0.870. The van der Waals surface area contributed by atoms with Crippen LogP contribution in [-0.4, -0.2) is 17.8 Å². The normalized spacial score (nSPS) is 12.2. The monoisotopic (exact) mass is 271 g/mol. The highest BCUT2D eigenvalue weighted by atomic mass is 79.9. The number of rotatable bonds is 4. The standard InChI is InChI=1S/C11H14BrNO2/c1-8(12)11(14)13-10-6-4-3-5-9(10)7-15-2/h3-6,8H,7H2,1-2H3,(H,13,14). The quantitative estimate of drug-likeness (QED) is 0.855. The van der Waals surface area contributed by atoms with Crippen LogP contribution in [0.15, 0.2) is 24.3 Å². The number of benzene rings is 1. The molecule has 0 aliphatic heterocycles. The van der Waals surface area contributed by atoms with Crippen LogP contribution in [0.25, 0.3) is 0 Å². The Labute approximate surface area is 97.9 Å². The molecule has 0 heterocycles. The molecule has 0 spiro atoms. The van der Waals surface area contributed by atoms with E-state index < -0.39 is 0 Å². The first-order chi connectivity index (χ1) is 7.15. The molecule has 1 amide bonds. The van der Waals surface area contributed by atoms with Crippen molar-refractivity contribution < 1.29 is 9.53 Å². The van der Waals surface area contributed by atoms with E-state index in [9.17, 15) is 4.79 Å². The molecule has 4 heteroatoms.